The molecule has 110 valence electrons. The van der Waals surface area contributed by atoms with E-state index in [1.807, 2.05) is 6.20 Å². The normalized spacial score (nSPS) is 26.8. The van der Waals surface area contributed by atoms with Gasteiger partial charge in [0, 0.05) is 19.1 Å². The molecule has 1 saturated heterocycles. The van der Waals surface area contributed by atoms with E-state index in [9.17, 15) is 0 Å². The summed E-state index contributed by atoms with van der Waals surface area (Å²) in [7, 11) is 0. The van der Waals surface area contributed by atoms with Crippen LogP contribution in [0.15, 0.2) is 18.3 Å². The Labute approximate surface area is 122 Å². The Hall–Kier alpha value is -1.25. The molecule has 2 aliphatic rings. The van der Waals surface area contributed by atoms with Crippen LogP contribution in [0.4, 0.5) is 11.5 Å². The Morgan fingerprint density at radius 2 is 2.00 bits per heavy atom. The Morgan fingerprint density at radius 3 is 2.70 bits per heavy atom. The predicted octanol–water partition coefficient (Wildman–Crippen LogP) is 4.06. The highest BCUT2D eigenvalue weighted by molar-refractivity contribution is 5.49. The van der Waals surface area contributed by atoms with E-state index in [1.54, 1.807) is 0 Å². The minimum Gasteiger partial charge on any atom is -0.381 e. The maximum absolute atomic E-state index is 4.66. The summed E-state index contributed by atoms with van der Waals surface area (Å²) in [5.74, 6) is 1.99. The van der Waals surface area contributed by atoms with Gasteiger partial charge in [0.1, 0.15) is 5.82 Å². The third kappa shape index (κ3) is 3.08. The molecule has 0 aromatic carbocycles. The third-order valence-corrected chi connectivity index (χ3v) is 4.96. The van der Waals surface area contributed by atoms with Gasteiger partial charge in [-0.25, -0.2) is 4.98 Å². The monoisotopic (exact) mass is 273 g/mol. The zero-order valence-corrected chi connectivity index (χ0v) is 12.6. The van der Waals surface area contributed by atoms with E-state index in [4.69, 9.17) is 0 Å². The molecular formula is C17H27N3. The van der Waals surface area contributed by atoms with E-state index in [0.717, 1.165) is 11.7 Å². The number of hydrogen-bond acceptors (Lipinski definition) is 3. The number of nitrogens with one attached hydrogen (secondary N) is 1. The first-order valence-corrected chi connectivity index (χ1v) is 8.34. The van der Waals surface area contributed by atoms with Crippen molar-refractivity contribution in [3.63, 3.8) is 0 Å². The lowest BCUT2D eigenvalue weighted by atomic mass is 10.0. The lowest BCUT2D eigenvalue weighted by Gasteiger charge is -2.28. The van der Waals surface area contributed by atoms with E-state index in [1.165, 1.54) is 63.7 Å². The molecular weight excluding hydrogens is 246 g/mol. The fourth-order valence-corrected chi connectivity index (χ4v) is 3.71. The number of piperidine rings is 1. The summed E-state index contributed by atoms with van der Waals surface area (Å²) in [5, 5.41) is 3.69. The fourth-order valence-electron chi connectivity index (χ4n) is 3.71. The topological polar surface area (TPSA) is 28.2 Å². The van der Waals surface area contributed by atoms with Gasteiger partial charge in [-0.1, -0.05) is 19.8 Å². The van der Waals surface area contributed by atoms with Crippen molar-refractivity contribution in [2.45, 2.75) is 57.9 Å². The molecule has 2 atom stereocenters. The highest BCUT2D eigenvalue weighted by Gasteiger charge is 2.25. The molecule has 0 radical (unpaired) electrons. The molecule has 20 heavy (non-hydrogen) atoms. The van der Waals surface area contributed by atoms with Crippen molar-refractivity contribution in [2.75, 3.05) is 23.3 Å². The number of rotatable bonds is 4. The van der Waals surface area contributed by atoms with Gasteiger partial charge in [0.2, 0.25) is 0 Å². The van der Waals surface area contributed by atoms with Crippen molar-refractivity contribution in [2.24, 2.45) is 5.92 Å². The fraction of sp³-hybridized carbons (Fsp3) is 0.706. The molecule has 1 aliphatic carbocycles. The Balaban J connectivity index is 1.61. The molecule has 1 aromatic rings. The van der Waals surface area contributed by atoms with Gasteiger partial charge in [0.25, 0.3) is 0 Å². The second-order valence-corrected chi connectivity index (χ2v) is 6.30. The van der Waals surface area contributed by atoms with Crippen molar-refractivity contribution < 1.29 is 0 Å². The summed E-state index contributed by atoms with van der Waals surface area (Å²) in [6.45, 7) is 4.64. The first-order chi connectivity index (χ1) is 9.86. The second-order valence-electron chi connectivity index (χ2n) is 6.30. The number of nitrogens with zero attached hydrogens (tertiary/aromatic N) is 2. The molecule has 2 unspecified atom stereocenters. The van der Waals surface area contributed by atoms with Crippen LogP contribution < -0.4 is 10.2 Å². The molecule has 3 nitrogen and oxygen atoms in total. The molecule has 0 spiro atoms. The van der Waals surface area contributed by atoms with Crippen LogP contribution in [0.2, 0.25) is 0 Å². The highest BCUT2D eigenvalue weighted by atomic mass is 15.2. The maximum Gasteiger partial charge on any atom is 0.128 e. The first-order valence-electron chi connectivity index (χ1n) is 8.34. The van der Waals surface area contributed by atoms with Crippen LogP contribution in [-0.2, 0) is 0 Å². The summed E-state index contributed by atoms with van der Waals surface area (Å²) in [6, 6.07) is 5.05. The standard InChI is InChI=1S/C17H27N3/c1-2-14-7-6-8-16(14)19-15-9-10-17(18-13-15)20-11-4-3-5-12-20/h9-10,13-14,16,19H,2-8,11-12H2,1H3. The number of aromatic nitrogens is 1. The molecule has 1 saturated carbocycles. The van der Waals surface area contributed by atoms with Crippen LogP contribution in [0.5, 0.6) is 0 Å². The van der Waals surface area contributed by atoms with Crippen molar-refractivity contribution in [1.29, 1.82) is 0 Å². The number of anilines is 2. The van der Waals surface area contributed by atoms with Gasteiger partial charge in [-0.2, -0.15) is 0 Å². The molecule has 1 N–H and O–H groups in total. The summed E-state index contributed by atoms with van der Waals surface area (Å²) in [6.07, 6.45) is 11.4. The van der Waals surface area contributed by atoms with Crippen molar-refractivity contribution in [3.05, 3.63) is 18.3 Å². The molecule has 1 aliphatic heterocycles. The van der Waals surface area contributed by atoms with Crippen molar-refractivity contribution in [3.8, 4) is 0 Å². The van der Waals surface area contributed by atoms with Gasteiger partial charge in [-0.3, -0.25) is 0 Å². The van der Waals surface area contributed by atoms with Gasteiger partial charge in [-0.05, 0) is 50.2 Å². The van der Waals surface area contributed by atoms with Crippen LogP contribution in [0.25, 0.3) is 0 Å². The lowest BCUT2D eigenvalue weighted by Crippen LogP contribution is -2.30. The zero-order chi connectivity index (χ0) is 13.8. The molecule has 0 bridgehead atoms. The molecule has 2 fully saturated rings. The van der Waals surface area contributed by atoms with Gasteiger partial charge < -0.3 is 10.2 Å². The summed E-state index contributed by atoms with van der Waals surface area (Å²) < 4.78 is 0. The maximum atomic E-state index is 4.66. The molecule has 0 amide bonds. The van der Waals surface area contributed by atoms with Crippen molar-refractivity contribution in [1.82, 2.24) is 4.98 Å². The second kappa shape index (κ2) is 6.47. The van der Waals surface area contributed by atoms with Gasteiger partial charge >= 0.3 is 0 Å². The lowest BCUT2D eigenvalue weighted by molar-refractivity contribution is 0.489. The smallest absolute Gasteiger partial charge is 0.128 e. The Morgan fingerprint density at radius 1 is 1.15 bits per heavy atom. The first kappa shape index (κ1) is 13.7. The summed E-state index contributed by atoms with van der Waals surface area (Å²) in [5.41, 5.74) is 1.19. The van der Waals surface area contributed by atoms with Gasteiger partial charge in [0.15, 0.2) is 0 Å². The predicted molar refractivity (Wildman–Crippen MR) is 85.3 cm³/mol. The average Bonchev–Trinajstić information content (AvgIpc) is 2.96. The largest absolute Gasteiger partial charge is 0.381 e. The molecule has 2 heterocycles. The minimum absolute atomic E-state index is 0.655. The summed E-state index contributed by atoms with van der Waals surface area (Å²) in [4.78, 5) is 7.07. The van der Waals surface area contributed by atoms with E-state index in [2.05, 4.69) is 34.3 Å². The van der Waals surface area contributed by atoms with E-state index in [-0.39, 0.29) is 0 Å². The highest BCUT2D eigenvalue weighted by Crippen LogP contribution is 2.30. The zero-order valence-electron chi connectivity index (χ0n) is 12.6. The number of hydrogen-bond donors (Lipinski definition) is 1. The van der Waals surface area contributed by atoms with E-state index >= 15 is 0 Å². The summed E-state index contributed by atoms with van der Waals surface area (Å²) >= 11 is 0. The molecule has 1 aromatic heterocycles. The van der Waals surface area contributed by atoms with Crippen molar-refractivity contribution >= 4 is 11.5 Å². The third-order valence-electron chi connectivity index (χ3n) is 4.96. The van der Waals surface area contributed by atoms with Gasteiger partial charge in [0.05, 0.1) is 11.9 Å². The van der Waals surface area contributed by atoms with Crippen LogP contribution >= 0.6 is 0 Å². The van der Waals surface area contributed by atoms with Crippen LogP contribution in [-0.4, -0.2) is 24.1 Å². The molecule has 3 heteroatoms. The minimum atomic E-state index is 0.655. The van der Waals surface area contributed by atoms with Crippen LogP contribution in [0, 0.1) is 5.92 Å². The average molecular weight is 273 g/mol. The van der Waals surface area contributed by atoms with Gasteiger partial charge in [-0.15, -0.1) is 0 Å². The Bertz CT molecular complexity index is 409. The van der Waals surface area contributed by atoms with E-state index in [0.29, 0.717) is 6.04 Å². The SMILES string of the molecule is CCC1CCCC1Nc1ccc(N2CCCCC2)nc1. The van der Waals surface area contributed by atoms with E-state index < -0.39 is 0 Å². The van der Waals surface area contributed by atoms with Crippen LogP contribution in [0.1, 0.15) is 51.9 Å². The molecule has 3 rings (SSSR count). The number of pyridine rings is 1. The quantitative estimate of drug-likeness (QED) is 0.896. The Kier molecular flexibility index (Phi) is 4.44. The van der Waals surface area contributed by atoms with Crippen LogP contribution in [0.3, 0.4) is 0 Å².